The van der Waals surface area contributed by atoms with Gasteiger partial charge in [-0.25, -0.2) is 0 Å². The number of methoxy groups -OCH3 is 1. The smallest absolute Gasteiger partial charge is 0.120 e. The van der Waals surface area contributed by atoms with E-state index < -0.39 is 0 Å². The highest BCUT2D eigenvalue weighted by atomic mass is 16.5. The van der Waals surface area contributed by atoms with Crippen LogP contribution in [0.5, 0.6) is 5.75 Å². The van der Waals surface area contributed by atoms with Gasteiger partial charge in [-0.2, -0.15) is 0 Å². The number of nitrogens with one attached hydrogen (secondary N) is 1. The molecule has 0 bridgehead atoms. The lowest BCUT2D eigenvalue weighted by atomic mass is 10.2. The first kappa shape index (κ1) is 14.0. The minimum atomic E-state index is 0.214. The molecule has 1 unspecified atom stereocenters. The lowest BCUT2D eigenvalue weighted by Gasteiger charge is -2.14. The maximum Gasteiger partial charge on any atom is 0.120 e. The predicted molar refractivity (Wildman–Crippen MR) is 70.4 cm³/mol. The highest BCUT2D eigenvalue weighted by Crippen LogP contribution is 2.14. The minimum absolute atomic E-state index is 0.214. The predicted octanol–water partition coefficient (Wildman–Crippen LogP) is 2.60. The zero-order valence-corrected chi connectivity index (χ0v) is 11.2. The number of hydrogen-bond donors (Lipinski definition) is 1. The molecule has 1 aromatic carbocycles. The molecule has 0 aliphatic heterocycles. The van der Waals surface area contributed by atoms with E-state index in [4.69, 9.17) is 9.47 Å². The van der Waals surface area contributed by atoms with E-state index in [0.29, 0.717) is 6.04 Å². The summed E-state index contributed by atoms with van der Waals surface area (Å²) >= 11 is 0. The van der Waals surface area contributed by atoms with Gasteiger partial charge < -0.3 is 14.8 Å². The first-order valence-electron chi connectivity index (χ1n) is 6.09. The van der Waals surface area contributed by atoms with Crippen molar-refractivity contribution >= 4 is 0 Å². The van der Waals surface area contributed by atoms with Crippen LogP contribution in [0, 0.1) is 0 Å². The number of ether oxygens (including phenoxy) is 2. The van der Waals surface area contributed by atoms with Crippen molar-refractivity contribution in [2.45, 2.75) is 39.5 Å². The minimum Gasteiger partial charge on any atom is -0.491 e. The van der Waals surface area contributed by atoms with Crippen molar-refractivity contribution in [1.29, 1.82) is 0 Å². The summed E-state index contributed by atoms with van der Waals surface area (Å²) in [6.07, 6.45) is 0.214. The third kappa shape index (κ3) is 5.71. The molecule has 1 atom stereocenters. The van der Waals surface area contributed by atoms with E-state index in [-0.39, 0.29) is 6.10 Å². The largest absolute Gasteiger partial charge is 0.491 e. The van der Waals surface area contributed by atoms with Crippen LogP contribution in [-0.4, -0.2) is 25.9 Å². The van der Waals surface area contributed by atoms with Gasteiger partial charge in [-0.3, -0.25) is 0 Å². The molecule has 0 saturated carbocycles. The molecule has 1 aromatic rings. The molecule has 0 fully saturated rings. The Balaban J connectivity index is 2.48. The fraction of sp³-hybridized carbons (Fsp3) is 0.571. The average molecular weight is 237 g/mol. The van der Waals surface area contributed by atoms with E-state index in [1.54, 1.807) is 7.11 Å². The summed E-state index contributed by atoms with van der Waals surface area (Å²) in [5.74, 6) is 0.929. The maximum atomic E-state index is 5.66. The van der Waals surface area contributed by atoms with E-state index in [2.05, 4.69) is 24.4 Å². The van der Waals surface area contributed by atoms with Crippen LogP contribution in [0.25, 0.3) is 0 Å². The van der Waals surface area contributed by atoms with E-state index in [9.17, 15) is 0 Å². The molecule has 0 heterocycles. The van der Waals surface area contributed by atoms with E-state index in [0.717, 1.165) is 18.9 Å². The van der Waals surface area contributed by atoms with Crippen molar-refractivity contribution in [2.75, 3.05) is 13.7 Å². The Morgan fingerprint density at radius 2 is 2.00 bits per heavy atom. The van der Waals surface area contributed by atoms with Crippen molar-refractivity contribution in [1.82, 2.24) is 5.32 Å². The first-order valence-corrected chi connectivity index (χ1v) is 6.09. The maximum absolute atomic E-state index is 5.66. The molecule has 96 valence electrons. The van der Waals surface area contributed by atoms with Crippen LogP contribution in [0.2, 0.25) is 0 Å². The molecule has 17 heavy (non-hydrogen) atoms. The molecule has 0 aliphatic carbocycles. The molecule has 0 saturated heterocycles. The molecule has 0 aromatic heterocycles. The second-order valence-electron chi connectivity index (χ2n) is 4.55. The summed E-state index contributed by atoms with van der Waals surface area (Å²) in [6, 6.07) is 8.54. The molecular formula is C14H23NO2. The average Bonchev–Trinajstić information content (AvgIpc) is 2.26. The van der Waals surface area contributed by atoms with Crippen molar-refractivity contribution < 1.29 is 9.47 Å². The van der Waals surface area contributed by atoms with Crippen LogP contribution in [0.1, 0.15) is 26.3 Å². The Hall–Kier alpha value is -1.06. The molecule has 1 N–H and O–H groups in total. The molecular weight excluding hydrogens is 214 g/mol. The van der Waals surface area contributed by atoms with Crippen LogP contribution in [0.15, 0.2) is 24.3 Å². The van der Waals surface area contributed by atoms with E-state index in [1.165, 1.54) is 5.56 Å². The van der Waals surface area contributed by atoms with Crippen LogP contribution < -0.4 is 10.1 Å². The van der Waals surface area contributed by atoms with Gasteiger partial charge in [-0.1, -0.05) is 12.1 Å². The Morgan fingerprint density at radius 1 is 1.24 bits per heavy atom. The molecule has 0 aliphatic rings. The molecule has 0 spiro atoms. The molecule has 3 heteroatoms. The SMILES string of the molecule is COCC(C)NCc1cccc(OC(C)C)c1. The molecule has 3 nitrogen and oxygen atoms in total. The number of hydrogen-bond acceptors (Lipinski definition) is 3. The van der Waals surface area contributed by atoms with E-state index >= 15 is 0 Å². The third-order valence-corrected chi connectivity index (χ3v) is 2.34. The fourth-order valence-electron chi connectivity index (χ4n) is 1.60. The van der Waals surface area contributed by atoms with Gasteiger partial charge in [-0.15, -0.1) is 0 Å². The highest BCUT2D eigenvalue weighted by Gasteiger charge is 2.02. The Morgan fingerprint density at radius 3 is 2.65 bits per heavy atom. The van der Waals surface area contributed by atoms with Crippen LogP contribution in [-0.2, 0) is 11.3 Å². The van der Waals surface area contributed by atoms with E-state index in [1.807, 2.05) is 26.0 Å². The van der Waals surface area contributed by atoms with Crippen molar-refractivity contribution in [3.05, 3.63) is 29.8 Å². The van der Waals surface area contributed by atoms with Crippen LogP contribution in [0.3, 0.4) is 0 Å². The van der Waals surface area contributed by atoms with Crippen molar-refractivity contribution in [3.63, 3.8) is 0 Å². The molecule has 1 rings (SSSR count). The second kappa shape index (κ2) is 7.30. The fourth-order valence-corrected chi connectivity index (χ4v) is 1.60. The molecule has 0 radical (unpaired) electrons. The zero-order chi connectivity index (χ0) is 12.7. The van der Waals surface area contributed by atoms with Gasteiger partial charge in [0.25, 0.3) is 0 Å². The molecule has 0 amide bonds. The van der Waals surface area contributed by atoms with Gasteiger partial charge in [0.1, 0.15) is 5.75 Å². The summed E-state index contributed by atoms with van der Waals surface area (Å²) in [5, 5.41) is 3.40. The van der Waals surface area contributed by atoms with Crippen LogP contribution >= 0.6 is 0 Å². The summed E-state index contributed by atoms with van der Waals surface area (Å²) in [5.41, 5.74) is 1.23. The highest BCUT2D eigenvalue weighted by molar-refractivity contribution is 5.28. The van der Waals surface area contributed by atoms with Gasteiger partial charge in [-0.05, 0) is 38.5 Å². The van der Waals surface area contributed by atoms with Crippen molar-refractivity contribution in [2.24, 2.45) is 0 Å². The van der Waals surface area contributed by atoms with Gasteiger partial charge in [0.15, 0.2) is 0 Å². The van der Waals surface area contributed by atoms with Gasteiger partial charge in [0, 0.05) is 19.7 Å². The van der Waals surface area contributed by atoms with Gasteiger partial charge >= 0.3 is 0 Å². The lowest BCUT2D eigenvalue weighted by molar-refractivity contribution is 0.171. The van der Waals surface area contributed by atoms with Gasteiger partial charge in [0.05, 0.1) is 12.7 Å². The second-order valence-corrected chi connectivity index (χ2v) is 4.55. The number of rotatable bonds is 7. The summed E-state index contributed by atoms with van der Waals surface area (Å²) in [7, 11) is 1.72. The standard InChI is InChI=1S/C14H23NO2/c1-11(2)17-14-7-5-6-13(8-14)9-15-12(3)10-16-4/h5-8,11-12,15H,9-10H2,1-4H3. The normalized spacial score (nSPS) is 12.8. The Labute approximate surface area is 104 Å². The topological polar surface area (TPSA) is 30.5 Å². The first-order chi connectivity index (χ1) is 8.11. The lowest BCUT2D eigenvalue weighted by Crippen LogP contribution is -2.29. The summed E-state index contributed by atoms with van der Waals surface area (Å²) in [6.45, 7) is 7.73. The zero-order valence-electron chi connectivity index (χ0n) is 11.2. The quantitative estimate of drug-likeness (QED) is 0.790. The number of benzene rings is 1. The third-order valence-electron chi connectivity index (χ3n) is 2.34. The summed E-state index contributed by atoms with van der Waals surface area (Å²) < 4.78 is 10.7. The van der Waals surface area contributed by atoms with Crippen LogP contribution in [0.4, 0.5) is 0 Å². The Kier molecular flexibility index (Phi) is 6.01. The summed E-state index contributed by atoms with van der Waals surface area (Å²) in [4.78, 5) is 0. The Bertz CT molecular complexity index is 326. The van der Waals surface area contributed by atoms with Gasteiger partial charge in [0.2, 0.25) is 0 Å². The monoisotopic (exact) mass is 237 g/mol. The van der Waals surface area contributed by atoms with Crippen molar-refractivity contribution in [3.8, 4) is 5.75 Å².